The van der Waals surface area contributed by atoms with E-state index in [-0.39, 0.29) is 30.7 Å². The van der Waals surface area contributed by atoms with Gasteiger partial charge in [-0.3, -0.25) is 9.59 Å². The topological polar surface area (TPSA) is 98.1 Å². The van der Waals surface area contributed by atoms with E-state index in [1.165, 1.54) is 11.8 Å². The van der Waals surface area contributed by atoms with E-state index < -0.39 is 0 Å². The van der Waals surface area contributed by atoms with E-state index in [1.807, 2.05) is 19.1 Å². The molecule has 0 aliphatic heterocycles. The molecule has 0 atom stereocenters. The van der Waals surface area contributed by atoms with Gasteiger partial charge in [-0.15, -0.1) is 10.2 Å². The summed E-state index contributed by atoms with van der Waals surface area (Å²) in [5.74, 6) is 0.864. The predicted octanol–water partition coefficient (Wildman–Crippen LogP) is 1.78. The van der Waals surface area contributed by atoms with Crippen molar-refractivity contribution in [2.45, 2.75) is 25.1 Å². The van der Waals surface area contributed by atoms with Crippen molar-refractivity contribution < 1.29 is 14.3 Å². The van der Waals surface area contributed by atoms with Gasteiger partial charge in [0.25, 0.3) is 0 Å². The Labute approximate surface area is 167 Å². The molecule has 0 fully saturated rings. The van der Waals surface area contributed by atoms with Crippen molar-refractivity contribution in [2.24, 2.45) is 7.05 Å². The number of amides is 2. The Morgan fingerprint density at radius 3 is 2.74 bits per heavy atom. The molecule has 10 heteroatoms. The molecular weight excluding hydrogens is 390 g/mol. The van der Waals surface area contributed by atoms with E-state index in [4.69, 9.17) is 16.3 Å². The first-order valence-electron chi connectivity index (χ1n) is 8.43. The number of rotatable bonds is 10. The van der Waals surface area contributed by atoms with Crippen LogP contribution >= 0.6 is 23.4 Å². The zero-order valence-electron chi connectivity index (χ0n) is 15.2. The van der Waals surface area contributed by atoms with Gasteiger partial charge in [-0.2, -0.15) is 0 Å². The summed E-state index contributed by atoms with van der Waals surface area (Å²) in [5.41, 5.74) is 0. The second-order valence-electron chi connectivity index (χ2n) is 5.59. The van der Waals surface area contributed by atoms with Crippen LogP contribution in [0.25, 0.3) is 0 Å². The first-order chi connectivity index (χ1) is 13.0. The number of aromatic nitrogens is 3. The smallest absolute Gasteiger partial charge is 0.239 e. The van der Waals surface area contributed by atoms with E-state index >= 15 is 0 Å². The Hall–Kier alpha value is -2.26. The van der Waals surface area contributed by atoms with Crippen molar-refractivity contribution in [1.82, 2.24) is 25.4 Å². The molecule has 0 radical (unpaired) electrons. The summed E-state index contributed by atoms with van der Waals surface area (Å²) in [4.78, 5) is 23.3. The number of thioether (sulfide) groups is 1. The monoisotopic (exact) mass is 411 g/mol. The highest BCUT2D eigenvalue weighted by Gasteiger charge is 2.13. The van der Waals surface area contributed by atoms with Crippen LogP contribution in [0.4, 0.5) is 0 Å². The van der Waals surface area contributed by atoms with Gasteiger partial charge in [0.05, 0.1) is 17.3 Å². The van der Waals surface area contributed by atoms with Crippen LogP contribution in [0, 0.1) is 0 Å². The Balaban J connectivity index is 1.78. The Kier molecular flexibility index (Phi) is 8.41. The minimum atomic E-state index is -0.247. The van der Waals surface area contributed by atoms with Gasteiger partial charge in [0.15, 0.2) is 11.0 Å². The largest absolute Gasteiger partial charge is 0.484 e. The normalized spacial score (nSPS) is 10.5. The zero-order chi connectivity index (χ0) is 19.6. The van der Waals surface area contributed by atoms with Crippen molar-refractivity contribution in [1.29, 1.82) is 0 Å². The molecule has 1 aromatic heterocycles. The highest BCUT2D eigenvalue weighted by molar-refractivity contribution is 7.99. The average Bonchev–Trinajstić information content (AvgIpc) is 3.02. The molecule has 8 nitrogen and oxygen atoms in total. The van der Waals surface area contributed by atoms with Gasteiger partial charge in [0.1, 0.15) is 12.4 Å². The lowest BCUT2D eigenvalue weighted by Gasteiger charge is -2.08. The third kappa shape index (κ3) is 6.76. The van der Waals surface area contributed by atoms with Crippen LogP contribution in [0.3, 0.4) is 0 Å². The maximum Gasteiger partial charge on any atom is 0.239 e. The molecule has 0 aliphatic rings. The fraction of sp³-hybridized carbons (Fsp3) is 0.412. The third-order valence-corrected chi connectivity index (χ3v) is 4.80. The first kappa shape index (κ1) is 21.0. The van der Waals surface area contributed by atoms with Crippen LogP contribution in [-0.4, -0.2) is 45.4 Å². The summed E-state index contributed by atoms with van der Waals surface area (Å²) in [5, 5.41) is 14.5. The summed E-state index contributed by atoms with van der Waals surface area (Å²) in [6.45, 7) is 2.73. The summed E-state index contributed by atoms with van der Waals surface area (Å²) >= 11 is 7.29. The van der Waals surface area contributed by atoms with Crippen LogP contribution in [-0.2, 0) is 23.2 Å². The number of halogens is 1. The number of ether oxygens (including phenoxy) is 1. The molecule has 2 N–H and O–H groups in total. The number of nitrogens with one attached hydrogen (secondary N) is 2. The number of benzene rings is 1. The fourth-order valence-corrected chi connectivity index (χ4v) is 2.94. The van der Waals surface area contributed by atoms with Gasteiger partial charge in [0, 0.05) is 13.6 Å². The average molecular weight is 412 g/mol. The number of carbonyl (C=O) groups is 2. The number of nitrogens with zero attached hydrogens (tertiary/aromatic N) is 3. The molecule has 0 saturated heterocycles. The van der Waals surface area contributed by atoms with Crippen LogP contribution < -0.4 is 15.4 Å². The molecule has 0 spiro atoms. The third-order valence-electron chi connectivity index (χ3n) is 3.47. The molecule has 1 aromatic carbocycles. The SMILES string of the molecule is CCCNC(=O)CNC(=O)CSc1nnc(COc2ccccc2Cl)n1C. The maximum absolute atomic E-state index is 11.9. The minimum Gasteiger partial charge on any atom is -0.484 e. The summed E-state index contributed by atoms with van der Waals surface area (Å²) in [7, 11) is 1.80. The van der Waals surface area contributed by atoms with E-state index in [2.05, 4.69) is 20.8 Å². The van der Waals surface area contributed by atoms with Gasteiger partial charge in [-0.1, -0.05) is 42.4 Å². The molecule has 27 heavy (non-hydrogen) atoms. The predicted molar refractivity (Wildman–Crippen MR) is 104 cm³/mol. The van der Waals surface area contributed by atoms with Gasteiger partial charge >= 0.3 is 0 Å². The Morgan fingerprint density at radius 2 is 2.00 bits per heavy atom. The van der Waals surface area contributed by atoms with Crippen LogP contribution in [0.2, 0.25) is 5.02 Å². The summed E-state index contributed by atoms with van der Waals surface area (Å²) < 4.78 is 7.40. The second-order valence-corrected chi connectivity index (χ2v) is 6.94. The molecule has 1 heterocycles. The van der Waals surface area contributed by atoms with Gasteiger partial charge in [-0.25, -0.2) is 0 Å². The molecule has 0 unspecified atom stereocenters. The maximum atomic E-state index is 11.9. The van der Waals surface area contributed by atoms with E-state index in [9.17, 15) is 9.59 Å². The number of para-hydroxylation sites is 1. The Bertz CT molecular complexity index is 784. The van der Waals surface area contributed by atoms with Crippen molar-refractivity contribution in [3.8, 4) is 5.75 Å². The van der Waals surface area contributed by atoms with E-state index in [0.717, 1.165) is 6.42 Å². The Morgan fingerprint density at radius 1 is 1.22 bits per heavy atom. The molecule has 0 saturated carbocycles. The van der Waals surface area contributed by atoms with Gasteiger partial charge in [0.2, 0.25) is 11.8 Å². The lowest BCUT2D eigenvalue weighted by molar-refractivity contribution is -0.124. The lowest BCUT2D eigenvalue weighted by atomic mass is 10.3. The molecule has 0 aliphatic carbocycles. The van der Waals surface area contributed by atoms with E-state index in [1.54, 1.807) is 23.7 Å². The van der Waals surface area contributed by atoms with E-state index in [0.29, 0.717) is 28.3 Å². The highest BCUT2D eigenvalue weighted by Crippen LogP contribution is 2.24. The van der Waals surface area contributed by atoms with Crippen molar-refractivity contribution in [3.05, 3.63) is 35.1 Å². The molecule has 2 aromatic rings. The second kappa shape index (κ2) is 10.8. The van der Waals surface area contributed by atoms with Crippen molar-refractivity contribution in [2.75, 3.05) is 18.8 Å². The fourth-order valence-electron chi connectivity index (χ4n) is 1.99. The van der Waals surface area contributed by atoms with Crippen LogP contribution in [0.5, 0.6) is 5.75 Å². The standard InChI is InChI=1S/C17H22ClN5O3S/c1-3-8-19-15(24)9-20-16(25)11-27-17-22-21-14(23(17)2)10-26-13-7-5-4-6-12(13)18/h4-7H,3,8-11H2,1-2H3,(H,19,24)(H,20,25). The number of hydrogen-bond donors (Lipinski definition) is 2. The van der Waals surface area contributed by atoms with Crippen molar-refractivity contribution in [3.63, 3.8) is 0 Å². The number of hydrogen-bond acceptors (Lipinski definition) is 6. The molecular formula is C17H22ClN5O3S. The molecule has 2 rings (SSSR count). The first-order valence-corrected chi connectivity index (χ1v) is 9.79. The molecule has 0 bridgehead atoms. The quantitative estimate of drug-likeness (QED) is 0.578. The summed E-state index contributed by atoms with van der Waals surface area (Å²) in [6.07, 6.45) is 0.851. The molecule has 146 valence electrons. The molecule has 2 amide bonds. The highest BCUT2D eigenvalue weighted by atomic mass is 35.5. The van der Waals surface area contributed by atoms with Crippen molar-refractivity contribution >= 4 is 35.2 Å². The lowest BCUT2D eigenvalue weighted by Crippen LogP contribution is -2.37. The summed E-state index contributed by atoms with van der Waals surface area (Å²) in [6, 6.07) is 7.18. The minimum absolute atomic E-state index is 0.0326. The van der Waals surface area contributed by atoms with Gasteiger partial charge < -0.3 is 19.9 Å². The van der Waals surface area contributed by atoms with Crippen LogP contribution in [0.1, 0.15) is 19.2 Å². The number of carbonyl (C=O) groups excluding carboxylic acids is 2. The van der Waals surface area contributed by atoms with Gasteiger partial charge in [-0.05, 0) is 18.6 Å². The zero-order valence-corrected chi connectivity index (χ0v) is 16.8. The van der Waals surface area contributed by atoms with Crippen LogP contribution in [0.15, 0.2) is 29.4 Å².